The van der Waals surface area contributed by atoms with Gasteiger partial charge in [-0.05, 0) is 73.8 Å². The van der Waals surface area contributed by atoms with Crippen LogP contribution in [0.4, 0.5) is 29.1 Å². The fourth-order valence-electron chi connectivity index (χ4n) is 6.73. The minimum Gasteiger partial charge on any atom is -0.334 e. The summed E-state index contributed by atoms with van der Waals surface area (Å²) in [6, 6.07) is 5.63. The first-order valence-electron chi connectivity index (χ1n) is 15.7. The number of allylic oxidation sites excluding steroid dienone is 1. The quantitative estimate of drug-likeness (QED) is 0.138. The number of hydrogen-bond donors (Lipinski definition) is 2. The van der Waals surface area contributed by atoms with Crippen molar-refractivity contribution in [3.8, 4) is 0 Å². The zero-order chi connectivity index (χ0) is 32.1. The molecule has 0 saturated heterocycles. The van der Waals surface area contributed by atoms with Gasteiger partial charge in [0.2, 0.25) is 12.2 Å². The molecule has 3 aromatic rings. The molecule has 0 spiro atoms. The second-order valence-electron chi connectivity index (χ2n) is 12.1. The molecule has 242 valence electrons. The van der Waals surface area contributed by atoms with E-state index in [2.05, 4.69) is 20.7 Å². The van der Waals surface area contributed by atoms with E-state index in [1.807, 2.05) is 0 Å². The summed E-state index contributed by atoms with van der Waals surface area (Å²) < 4.78 is 56.6. The number of hydrogen-bond acceptors (Lipinski definition) is 5. The van der Waals surface area contributed by atoms with Crippen LogP contribution in [0.2, 0.25) is 0 Å². The van der Waals surface area contributed by atoms with Gasteiger partial charge in [0.05, 0.1) is 17.8 Å². The molecule has 1 aromatic carbocycles. The van der Waals surface area contributed by atoms with Gasteiger partial charge in [0.15, 0.2) is 5.82 Å². The maximum atomic E-state index is 15.5. The van der Waals surface area contributed by atoms with Gasteiger partial charge in [0, 0.05) is 19.4 Å². The zero-order valence-electron chi connectivity index (χ0n) is 25.6. The molecule has 0 aliphatic heterocycles. The highest BCUT2D eigenvalue weighted by Crippen LogP contribution is 2.42. The molecule has 2 saturated carbocycles. The molecule has 2 atom stereocenters. The average molecular weight is 629 g/mol. The van der Waals surface area contributed by atoms with Crippen LogP contribution in [0.1, 0.15) is 82.6 Å². The molecule has 0 bridgehead atoms. The van der Waals surface area contributed by atoms with Crippen LogP contribution in [-0.2, 0) is 9.59 Å². The third kappa shape index (κ3) is 7.31. The van der Waals surface area contributed by atoms with Gasteiger partial charge in [-0.2, -0.15) is 5.10 Å². The first-order valence-corrected chi connectivity index (χ1v) is 15.7. The van der Waals surface area contributed by atoms with Crippen LogP contribution in [0.3, 0.4) is 0 Å². The maximum absolute atomic E-state index is 15.5. The Kier molecular flexibility index (Phi) is 10.4. The summed E-state index contributed by atoms with van der Waals surface area (Å²) in [4.78, 5) is 31.6. The summed E-state index contributed by atoms with van der Waals surface area (Å²) in [6.45, 7) is 1.39. The lowest BCUT2D eigenvalue weighted by molar-refractivity contribution is -0.143. The van der Waals surface area contributed by atoms with E-state index in [1.54, 1.807) is 29.2 Å². The molecule has 0 radical (unpaired) electrons. The lowest BCUT2D eigenvalue weighted by atomic mass is 9.72. The number of amides is 2. The Labute approximate surface area is 260 Å². The van der Waals surface area contributed by atoms with Crippen LogP contribution < -0.4 is 10.6 Å². The van der Waals surface area contributed by atoms with Crippen molar-refractivity contribution in [2.75, 3.05) is 17.7 Å². The van der Waals surface area contributed by atoms with E-state index < -0.39 is 36.3 Å². The van der Waals surface area contributed by atoms with E-state index in [0.717, 1.165) is 82.9 Å². The van der Waals surface area contributed by atoms with E-state index in [4.69, 9.17) is 0 Å². The number of likely N-dealkylation sites (N-methyl/N-ethyl adjacent to an activating group) is 1. The van der Waals surface area contributed by atoms with Crippen molar-refractivity contribution >= 4 is 28.8 Å². The predicted octanol–water partition coefficient (Wildman–Crippen LogP) is 7.46. The third-order valence-electron chi connectivity index (χ3n) is 9.21. The second kappa shape index (κ2) is 14.4. The molecule has 2 aliphatic rings. The highest BCUT2D eigenvalue weighted by molar-refractivity contribution is 6.07. The SMILES string of the molecule is CC(C(=O)N(C)C(F)C(F)F)c1ccc(NC(=O)C(Nc2nccn3nccc23)=C(C2CCCCC2)C2CCCCC2)c(F)c1. The third-order valence-corrected chi connectivity index (χ3v) is 9.21. The van der Waals surface area contributed by atoms with Crippen LogP contribution >= 0.6 is 0 Å². The van der Waals surface area contributed by atoms with Crippen molar-refractivity contribution in [3.63, 3.8) is 0 Å². The average Bonchev–Trinajstić information content (AvgIpc) is 3.55. The molecule has 2 fully saturated rings. The van der Waals surface area contributed by atoms with E-state index in [9.17, 15) is 22.8 Å². The van der Waals surface area contributed by atoms with Crippen molar-refractivity contribution in [2.24, 2.45) is 11.8 Å². The van der Waals surface area contributed by atoms with Crippen LogP contribution in [0.25, 0.3) is 5.52 Å². The summed E-state index contributed by atoms with van der Waals surface area (Å²) >= 11 is 0. The summed E-state index contributed by atoms with van der Waals surface area (Å²) in [5, 5.41) is 10.4. The lowest BCUT2D eigenvalue weighted by Gasteiger charge is -2.34. The first kappa shape index (κ1) is 32.4. The Morgan fingerprint density at radius 1 is 0.933 bits per heavy atom. The monoisotopic (exact) mass is 628 g/mol. The molecule has 2 heterocycles. The fourth-order valence-corrected chi connectivity index (χ4v) is 6.73. The van der Waals surface area contributed by atoms with E-state index in [-0.39, 0.29) is 23.1 Å². The highest BCUT2D eigenvalue weighted by Gasteiger charge is 2.33. The number of nitrogens with one attached hydrogen (secondary N) is 2. The van der Waals surface area contributed by atoms with Gasteiger partial charge in [0.25, 0.3) is 12.3 Å². The zero-order valence-corrected chi connectivity index (χ0v) is 25.6. The molecular weight excluding hydrogens is 588 g/mol. The molecule has 2 aromatic heterocycles. The Bertz CT molecular complexity index is 1510. The minimum atomic E-state index is -3.36. The molecular formula is C33H40F4N6O2. The van der Waals surface area contributed by atoms with Gasteiger partial charge in [0.1, 0.15) is 17.0 Å². The number of aromatic nitrogens is 3. The normalized spacial score (nSPS) is 17.6. The number of rotatable bonds is 10. The molecule has 2 unspecified atom stereocenters. The van der Waals surface area contributed by atoms with Gasteiger partial charge in [-0.3, -0.25) is 9.59 Å². The van der Waals surface area contributed by atoms with Crippen molar-refractivity contribution in [2.45, 2.75) is 89.8 Å². The van der Waals surface area contributed by atoms with Gasteiger partial charge in [-0.1, -0.05) is 44.6 Å². The van der Waals surface area contributed by atoms with Crippen LogP contribution in [0, 0.1) is 17.7 Å². The van der Waals surface area contributed by atoms with Crippen LogP contribution in [-0.4, -0.2) is 51.1 Å². The smallest absolute Gasteiger partial charge is 0.287 e. The Morgan fingerprint density at radius 2 is 1.58 bits per heavy atom. The summed E-state index contributed by atoms with van der Waals surface area (Å²) in [5.41, 5.74) is 2.18. The number of nitrogens with zero attached hydrogens (tertiary/aromatic N) is 4. The van der Waals surface area contributed by atoms with Crippen molar-refractivity contribution < 1.29 is 27.2 Å². The van der Waals surface area contributed by atoms with Crippen molar-refractivity contribution in [1.29, 1.82) is 0 Å². The van der Waals surface area contributed by atoms with Crippen LogP contribution in [0.5, 0.6) is 0 Å². The van der Waals surface area contributed by atoms with Crippen LogP contribution in [0.15, 0.2) is 54.1 Å². The topological polar surface area (TPSA) is 91.6 Å². The van der Waals surface area contributed by atoms with Gasteiger partial charge in [-0.15, -0.1) is 0 Å². The Balaban J connectivity index is 1.48. The molecule has 45 heavy (non-hydrogen) atoms. The lowest BCUT2D eigenvalue weighted by Crippen LogP contribution is -2.40. The van der Waals surface area contributed by atoms with Gasteiger partial charge < -0.3 is 15.5 Å². The predicted molar refractivity (Wildman–Crippen MR) is 164 cm³/mol. The maximum Gasteiger partial charge on any atom is 0.287 e. The van der Waals surface area contributed by atoms with E-state index in [1.165, 1.54) is 19.1 Å². The number of alkyl halides is 3. The standard InChI is InChI=1S/C33H40F4N6O2/c1-20(33(45)42(2)30(37)29(35)36)23-13-14-25(24(34)19-23)40-32(44)28(41-31-26-15-16-39-43(26)18-17-38-31)27(21-9-5-3-6-10-21)22-11-7-4-8-12-22/h13-22,29-30H,3-12H2,1-2H3,(H,38,41)(H,40,44). The Hall–Kier alpha value is -3.96. The number of halogens is 4. The molecule has 5 rings (SSSR count). The summed E-state index contributed by atoms with van der Waals surface area (Å²) in [6.07, 6.45) is 9.36. The number of benzene rings is 1. The summed E-state index contributed by atoms with van der Waals surface area (Å²) in [7, 11) is 0.942. The van der Waals surface area contributed by atoms with Crippen molar-refractivity contribution in [3.05, 3.63) is 65.5 Å². The fraction of sp³-hybridized carbons (Fsp3) is 0.515. The largest absolute Gasteiger partial charge is 0.334 e. The highest BCUT2D eigenvalue weighted by atomic mass is 19.3. The van der Waals surface area contributed by atoms with E-state index in [0.29, 0.717) is 21.9 Å². The second-order valence-corrected chi connectivity index (χ2v) is 12.1. The van der Waals surface area contributed by atoms with Gasteiger partial charge in [-0.25, -0.2) is 27.1 Å². The minimum absolute atomic E-state index is 0.103. The van der Waals surface area contributed by atoms with E-state index >= 15 is 4.39 Å². The van der Waals surface area contributed by atoms with Crippen molar-refractivity contribution in [1.82, 2.24) is 19.5 Å². The molecule has 12 heteroatoms. The number of fused-ring (bicyclic) bond motifs is 1. The number of anilines is 2. The molecule has 8 nitrogen and oxygen atoms in total. The first-order chi connectivity index (χ1) is 21.7. The number of carbonyl (C=O) groups is 2. The summed E-state index contributed by atoms with van der Waals surface area (Å²) in [5.74, 6) is -2.43. The molecule has 2 N–H and O–H groups in total. The molecule has 2 aliphatic carbocycles. The van der Waals surface area contributed by atoms with Gasteiger partial charge >= 0.3 is 0 Å². The number of carbonyl (C=O) groups excluding carboxylic acids is 2. The Morgan fingerprint density at radius 3 is 2.18 bits per heavy atom. The molecule has 2 amide bonds.